The minimum absolute atomic E-state index is 0.342. The lowest BCUT2D eigenvalue weighted by molar-refractivity contribution is 0.262. The summed E-state index contributed by atoms with van der Waals surface area (Å²) < 4.78 is 16.0. The molecule has 2 amide bonds. The molecule has 0 fully saturated rings. The summed E-state index contributed by atoms with van der Waals surface area (Å²) in [5, 5.41) is 9.89. The van der Waals surface area contributed by atoms with Crippen LogP contribution >= 0.6 is 0 Å². The number of hydrogen-bond donors (Lipinski definition) is 3. The van der Waals surface area contributed by atoms with Crippen molar-refractivity contribution in [2.45, 2.75) is 0 Å². The highest BCUT2D eigenvalue weighted by molar-refractivity contribution is 6.00. The van der Waals surface area contributed by atoms with Crippen LogP contribution in [0.25, 0.3) is 10.9 Å². The van der Waals surface area contributed by atoms with Crippen molar-refractivity contribution in [3.63, 3.8) is 0 Å². The molecule has 0 atom stereocenters. The van der Waals surface area contributed by atoms with Crippen molar-refractivity contribution in [1.82, 2.24) is 4.98 Å². The number of pyridine rings is 1. The van der Waals surface area contributed by atoms with Gasteiger partial charge in [0.05, 0.1) is 26.8 Å². The van der Waals surface area contributed by atoms with Gasteiger partial charge < -0.3 is 30.2 Å². The first-order valence-corrected chi connectivity index (χ1v) is 10.2. The number of hydrogen-bond acceptors (Lipinski definition) is 6. The minimum Gasteiger partial charge on any atom is -0.497 e. The van der Waals surface area contributed by atoms with Crippen molar-refractivity contribution in [2.75, 3.05) is 37.3 Å². The van der Waals surface area contributed by atoms with Gasteiger partial charge in [-0.2, -0.15) is 0 Å². The number of carbonyl (C=O) groups excluding carboxylic acids is 1. The van der Waals surface area contributed by atoms with Crippen LogP contribution in [0.15, 0.2) is 72.9 Å². The Morgan fingerprint density at radius 2 is 1.45 bits per heavy atom. The first-order chi connectivity index (χ1) is 16.1. The van der Waals surface area contributed by atoms with Crippen LogP contribution in [0.4, 0.5) is 27.5 Å². The van der Waals surface area contributed by atoms with Gasteiger partial charge >= 0.3 is 6.03 Å². The number of ether oxygens (including phenoxy) is 3. The third-order valence-electron chi connectivity index (χ3n) is 5.00. The Hall–Kier alpha value is -4.46. The van der Waals surface area contributed by atoms with Gasteiger partial charge in [-0.25, -0.2) is 4.79 Å². The van der Waals surface area contributed by atoms with Gasteiger partial charge in [-0.15, -0.1) is 0 Å². The van der Waals surface area contributed by atoms with E-state index in [0.717, 1.165) is 22.3 Å². The highest BCUT2D eigenvalue weighted by atomic mass is 16.5. The molecule has 0 saturated heterocycles. The van der Waals surface area contributed by atoms with Gasteiger partial charge in [0.15, 0.2) is 11.5 Å². The fourth-order valence-electron chi connectivity index (χ4n) is 3.37. The average Bonchev–Trinajstić information content (AvgIpc) is 2.84. The monoisotopic (exact) mass is 444 g/mol. The van der Waals surface area contributed by atoms with Crippen LogP contribution in [-0.2, 0) is 0 Å². The molecule has 0 unspecified atom stereocenters. The molecule has 8 heteroatoms. The SMILES string of the molecule is COc1cccc(NC(=O)Nc2ccc(Nc3ccnc4cc(OC)c(OC)cc34)cc2)c1. The van der Waals surface area contributed by atoms with Crippen LogP contribution in [-0.4, -0.2) is 32.3 Å². The van der Waals surface area contributed by atoms with E-state index in [0.29, 0.717) is 28.6 Å². The maximum atomic E-state index is 12.3. The van der Waals surface area contributed by atoms with Gasteiger partial charge in [0.25, 0.3) is 0 Å². The molecule has 8 nitrogen and oxygen atoms in total. The van der Waals surface area contributed by atoms with Crippen LogP contribution in [0.5, 0.6) is 17.2 Å². The Morgan fingerprint density at radius 3 is 2.18 bits per heavy atom. The second-order valence-electron chi connectivity index (χ2n) is 7.10. The van der Waals surface area contributed by atoms with Gasteiger partial charge in [-0.05, 0) is 48.5 Å². The molecule has 0 aliphatic carbocycles. The summed E-state index contributed by atoms with van der Waals surface area (Å²) in [6.07, 6.45) is 1.73. The highest BCUT2D eigenvalue weighted by Crippen LogP contribution is 2.35. The third-order valence-corrected chi connectivity index (χ3v) is 5.00. The number of fused-ring (bicyclic) bond motifs is 1. The standard InChI is InChI=1S/C25H24N4O4/c1-31-19-6-4-5-18(13-19)29-25(30)28-17-9-7-16(8-10-17)27-21-11-12-26-22-15-24(33-3)23(32-2)14-20(21)22/h4-15H,1-3H3,(H,26,27)(H2,28,29,30). The van der Waals surface area contributed by atoms with E-state index in [1.54, 1.807) is 39.7 Å². The van der Waals surface area contributed by atoms with E-state index in [9.17, 15) is 4.79 Å². The van der Waals surface area contributed by atoms with E-state index in [2.05, 4.69) is 20.9 Å². The van der Waals surface area contributed by atoms with E-state index >= 15 is 0 Å². The van der Waals surface area contributed by atoms with Crippen LogP contribution in [0, 0.1) is 0 Å². The Bertz CT molecular complexity index is 1280. The van der Waals surface area contributed by atoms with Crippen molar-refractivity contribution in [3.05, 3.63) is 72.9 Å². The van der Waals surface area contributed by atoms with Crippen LogP contribution in [0.2, 0.25) is 0 Å². The maximum Gasteiger partial charge on any atom is 0.323 e. The third kappa shape index (κ3) is 5.07. The maximum absolute atomic E-state index is 12.3. The topological polar surface area (TPSA) is 93.7 Å². The van der Waals surface area contributed by atoms with Gasteiger partial charge in [0.2, 0.25) is 0 Å². The van der Waals surface area contributed by atoms with Crippen LogP contribution in [0.3, 0.4) is 0 Å². The zero-order valence-electron chi connectivity index (χ0n) is 18.5. The summed E-state index contributed by atoms with van der Waals surface area (Å²) >= 11 is 0. The van der Waals surface area contributed by atoms with Crippen molar-refractivity contribution >= 4 is 39.7 Å². The molecule has 0 bridgehead atoms. The molecule has 33 heavy (non-hydrogen) atoms. The number of amides is 2. The second-order valence-corrected chi connectivity index (χ2v) is 7.10. The lowest BCUT2D eigenvalue weighted by atomic mass is 10.1. The number of nitrogens with one attached hydrogen (secondary N) is 3. The highest BCUT2D eigenvalue weighted by Gasteiger charge is 2.10. The van der Waals surface area contributed by atoms with Gasteiger partial charge in [0, 0.05) is 46.5 Å². The summed E-state index contributed by atoms with van der Waals surface area (Å²) in [4.78, 5) is 16.7. The van der Waals surface area contributed by atoms with Crippen molar-refractivity contribution < 1.29 is 19.0 Å². The quantitative estimate of drug-likeness (QED) is 0.341. The molecule has 0 radical (unpaired) electrons. The van der Waals surface area contributed by atoms with E-state index < -0.39 is 0 Å². The summed E-state index contributed by atoms with van der Waals surface area (Å²) in [7, 11) is 4.78. The Labute approximate surface area is 191 Å². The smallest absolute Gasteiger partial charge is 0.323 e. The van der Waals surface area contributed by atoms with Crippen LogP contribution in [0.1, 0.15) is 0 Å². The normalized spacial score (nSPS) is 10.4. The molecule has 4 rings (SSSR count). The molecule has 168 valence electrons. The Balaban J connectivity index is 1.46. The van der Waals surface area contributed by atoms with E-state index in [-0.39, 0.29) is 6.03 Å². The summed E-state index contributed by atoms with van der Waals surface area (Å²) in [6, 6.07) is 19.8. The molecule has 1 heterocycles. The first-order valence-electron chi connectivity index (χ1n) is 10.2. The molecule has 3 N–H and O–H groups in total. The van der Waals surface area contributed by atoms with E-state index in [1.165, 1.54) is 0 Å². The summed E-state index contributed by atoms with van der Waals surface area (Å²) in [5.74, 6) is 1.92. The van der Waals surface area contributed by atoms with Gasteiger partial charge in [0.1, 0.15) is 5.75 Å². The predicted molar refractivity (Wildman–Crippen MR) is 130 cm³/mol. The minimum atomic E-state index is -0.342. The average molecular weight is 444 g/mol. The zero-order chi connectivity index (χ0) is 23.2. The molecule has 0 saturated carbocycles. The first kappa shape index (κ1) is 21.8. The number of urea groups is 1. The number of benzene rings is 3. The number of anilines is 4. The number of aromatic nitrogens is 1. The van der Waals surface area contributed by atoms with Gasteiger partial charge in [-0.1, -0.05) is 6.07 Å². The summed E-state index contributed by atoms with van der Waals surface area (Å²) in [6.45, 7) is 0. The fourth-order valence-corrected chi connectivity index (χ4v) is 3.37. The molecule has 0 spiro atoms. The van der Waals surface area contributed by atoms with Crippen molar-refractivity contribution in [2.24, 2.45) is 0 Å². The summed E-state index contributed by atoms with van der Waals surface area (Å²) in [5.41, 5.74) is 3.81. The molecule has 1 aromatic heterocycles. The molecular formula is C25H24N4O4. The second kappa shape index (κ2) is 9.78. The molecule has 3 aromatic carbocycles. The lowest BCUT2D eigenvalue weighted by Crippen LogP contribution is -2.19. The predicted octanol–water partition coefficient (Wildman–Crippen LogP) is 5.65. The molecule has 4 aromatic rings. The number of carbonyl (C=O) groups is 1. The Morgan fingerprint density at radius 1 is 0.758 bits per heavy atom. The molecular weight excluding hydrogens is 420 g/mol. The van der Waals surface area contributed by atoms with E-state index in [4.69, 9.17) is 14.2 Å². The number of nitrogens with zero attached hydrogens (tertiary/aromatic N) is 1. The van der Waals surface area contributed by atoms with Gasteiger partial charge in [-0.3, -0.25) is 4.98 Å². The number of rotatable bonds is 7. The van der Waals surface area contributed by atoms with Crippen LogP contribution < -0.4 is 30.2 Å². The van der Waals surface area contributed by atoms with E-state index in [1.807, 2.05) is 54.6 Å². The lowest BCUT2D eigenvalue weighted by Gasteiger charge is -2.13. The largest absolute Gasteiger partial charge is 0.497 e. The fraction of sp³-hybridized carbons (Fsp3) is 0.120. The zero-order valence-corrected chi connectivity index (χ0v) is 18.5. The van der Waals surface area contributed by atoms with Crippen molar-refractivity contribution in [3.8, 4) is 17.2 Å². The molecule has 0 aliphatic heterocycles. The Kier molecular flexibility index (Phi) is 6.45. The van der Waals surface area contributed by atoms with Crippen molar-refractivity contribution in [1.29, 1.82) is 0 Å². The molecule has 0 aliphatic rings. The number of methoxy groups -OCH3 is 3.